The van der Waals surface area contributed by atoms with Gasteiger partial charge in [0.05, 0.1) is 29.3 Å². The number of ether oxygens (including phenoxy) is 2. The fourth-order valence-corrected chi connectivity index (χ4v) is 4.74. The second-order valence-corrected chi connectivity index (χ2v) is 6.99. The first kappa shape index (κ1) is 14.2. The summed E-state index contributed by atoms with van der Waals surface area (Å²) >= 11 is 0. The quantitative estimate of drug-likeness (QED) is 0.756. The number of fused-ring (bicyclic) bond motifs is 2. The third-order valence-corrected chi connectivity index (χ3v) is 5.88. The van der Waals surface area contributed by atoms with E-state index in [2.05, 4.69) is 5.32 Å². The van der Waals surface area contributed by atoms with Crippen LogP contribution in [0.1, 0.15) is 32.6 Å². The Kier molecular flexibility index (Phi) is 3.10. The number of hydrogen-bond donors (Lipinski definition) is 1. The van der Waals surface area contributed by atoms with E-state index in [1.165, 1.54) is 0 Å². The van der Waals surface area contributed by atoms with Crippen LogP contribution >= 0.6 is 0 Å². The van der Waals surface area contributed by atoms with E-state index >= 15 is 0 Å². The van der Waals surface area contributed by atoms with Crippen LogP contribution in [-0.2, 0) is 19.1 Å². The predicted molar refractivity (Wildman–Crippen MR) is 77.8 cm³/mol. The van der Waals surface area contributed by atoms with Crippen LogP contribution in [0.25, 0.3) is 0 Å². The topological polar surface area (TPSA) is 67.9 Å². The molecule has 2 bridgehead atoms. The smallest absolute Gasteiger partial charge is 0.336 e. The number of nitrogens with zero attached hydrogens (tertiary/aromatic N) is 1. The van der Waals surface area contributed by atoms with Crippen molar-refractivity contribution in [2.75, 3.05) is 20.3 Å². The average molecular weight is 306 g/mol. The monoisotopic (exact) mass is 306 g/mol. The summed E-state index contributed by atoms with van der Waals surface area (Å²) in [6.07, 6.45) is 3.83. The summed E-state index contributed by atoms with van der Waals surface area (Å²) in [6, 6.07) is 0.827. The van der Waals surface area contributed by atoms with Crippen molar-refractivity contribution in [1.82, 2.24) is 10.2 Å². The zero-order valence-corrected chi connectivity index (χ0v) is 13.1. The van der Waals surface area contributed by atoms with Crippen LogP contribution in [0.4, 0.5) is 0 Å². The van der Waals surface area contributed by atoms with Crippen molar-refractivity contribution >= 4 is 11.9 Å². The third kappa shape index (κ3) is 1.80. The molecule has 4 heterocycles. The number of piperidine rings is 1. The molecule has 0 aromatic rings. The molecule has 4 aliphatic rings. The molecule has 0 aliphatic carbocycles. The average Bonchev–Trinajstić information content (AvgIpc) is 3.10. The first-order chi connectivity index (χ1) is 10.5. The second-order valence-electron chi connectivity index (χ2n) is 6.99. The molecule has 3 unspecified atom stereocenters. The fraction of sp³-hybridized carbons (Fsp3) is 0.750. The Labute approximate surface area is 129 Å². The summed E-state index contributed by atoms with van der Waals surface area (Å²) in [5, 5.41) is 3.59. The van der Waals surface area contributed by atoms with Gasteiger partial charge in [0.15, 0.2) is 0 Å². The SMILES string of the molecule is COC1CN(C2=C(C)C(=O)OC2)C(=O)C12CC1CCC(C2)N1. The lowest BCUT2D eigenvalue weighted by Gasteiger charge is -2.39. The number of likely N-dealkylation sites (tertiary alicyclic amines) is 1. The van der Waals surface area contributed by atoms with Gasteiger partial charge in [0.25, 0.3) is 0 Å². The largest absolute Gasteiger partial charge is 0.456 e. The summed E-state index contributed by atoms with van der Waals surface area (Å²) in [4.78, 5) is 26.6. The van der Waals surface area contributed by atoms with Crippen LogP contribution in [0.2, 0.25) is 0 Å². The van der Waals surface area contributed by atoms with Crippen molar-refractivity contribution in [2.45, 2.75) is 50.8 Å². The molecule has 0 aromatic heterocycles. The second kappa shape index (κ2) is 4.80. The first-order valence-corrected chi connectivity index (χ1v) is 8.03. The lowest BCUT2D eigenvalue weighted by atomic mass is 9.72. The van der Waals surface area contributed by atoms with E-state index in [-0.39, 0.29) is 24.6 Å². The Bertz CT molecular complexity index is 558. The van der Waals surface area contributed by atoms with Crippen molar-refractivity contribution in [2.24, 2.45) is 5.41 Å². The molecule has 1 amide bonds. The lowest BCUT2D eigenvalue weighted by Crippen LogP contribution is -2.52. The minimum absolute atomic E-state index is 0.110. The van der Waals surface area contributed by atoms with Crippen LogP contribution in [-0.4, -0.2) is 55.2 Å². The van der Waals surface area contributed by atoms with Crippen molar-refractivity contribution in [1.29, 1.82) is 0 Å². The van der Waals surface area contributed by atoms with Gasteiger partial charge < -0.3 is 19.7 Å². The van der Waals surface area contributed by atoms with Gasteiger partial charge >= 0.3 is 5.97 Å². The minimum Gasteiger partial charge on any atom is -0.456 e. The van der Waals surface area contributed by atoms with E-state index in [0.29, 0.717) is 24.2 Å². The Balaban J connectivity index is 1.69. The third-order valence-electron chi connectivity index (χ3n) is 5.88. The summed E-state index contributed by atoms with van der Waals surface area (Å²) in [6.45, 7) is 2.46. The van der Waals surface area contributed by atoms with Gasteiger partial charge in [0, 0.05) is 19.2 Å². The highest BCUT2D eigenvalue weighted by molar-refractivity contribution is 5.94. The van der Waals surface area contributed by atoms with E-state index < -0.39 is 5.41 Å². The number of amides is 1. The number of carbonyl (C=O) groups is 2. The minimum atomic E-state index is -0.440. The molecule has 1 spiro atoms. The van der Waals surface area contributed by atoms with Gasteiger partial charge in [-0.1, -0.05) is 0 Å². The number of esters is 1. The normalized spacial score (nSPS) is 41.0. The molecule has 0 saturated carbocycles. The highest BCUT2D eigenvalue weighted by atomic mass is 16.5. The Morgan fingerprint density at radius 2 is 1.95 bits per heavy atom. The number of cyclic esters (lactones) is 1. The van der Waals surface area contributed by atoms with Gasteiger partial charge in [-0.25, -0.2) is 4.79 Å². The van der Waals surface area contributed by atoms with E-state index in [1.807, 2.05) is 0 Å². The summed E-state index contributed by atoms with van der Waals surface area (Å²) in [5.41, 5.74) is 0.835. The highest BCUT2D eigenvalue weighted by Gasteiger charge is 2.60. The van der Waals surface area contributed by atoms with Crippen molar-refractivity contribution in [3.63, 3.8) is 0 Å². The molecule has 1 N–H and O–H groups in total. The molecule has 6 nitrogen and oxygen atoms in total. The molecule has 6 heteroatoms. The van der Waals surface area contributed by atoms with Gasteiger partial charge in [0.2, 0.25) is 5.91 Å². The predicted octanol–water partition coefficient (Wildman–Crippen LogP) is 0.575. The van der Waals surface area contributed by atoms with Gasteiger partial charge in [-0.2, -0.15) is 0 Å². The molecule has 0 aromatic carbocycles. The van der Waals surface area contributed by atoms with Crippen LogP contribution in [0.5, 0.6) is 0 Å². The Morgan fingerprint density at radius 1 is 1.27 bits per heavy atom. The van der Waals surface area contributed by atoms with Crippen LogP contribution in [0.15, 0.2) is 11.3 Å². The standard InChI is InChI=1S/C16H22N2O4/c1-9-12(8-22-14(9)19)18-7-13(21-2)16(15(18)20)5-10-3-4-11(6-16)17-10/h10-11,13,17H,3-8H2,1-2H3. The Hall–Kier alpha value is -1.40. The van der Waals surface area contributed by atoms with Gasteiger partial charge in [0.1, 0.15) is 6.61 Å². The maximum atomic E-state index is 13.2. The van der Waals surface area contributed by atoms with Crippen molar-refractivity contribution in [3.8, 4) is 0 Å². The van der Waals surface area contributed by atoms with Crippen LogP contribution < -0.4 is 5.32 Å². The zero-order valence-electron chi connectivity index (χ0n) is 13.1. The van der Waals surface area contributed by atoms with Crippen LogP contribution in [0, 0.1) is 5.41 Å². The number of hydrogen-bond acceptors (Lipinski definition) is 5. The summed E-state index contributed by atoms with van der Waals surface area (Å²) < 4.78 is 10.8. The highest BCUT2D eigenvalue weighted by Crippen LogP contribution is 2.49. The number of rotatable bonds is 2. The van der Waals surface area contributed by atoms with Crippen molar-refractivity contribution in [3.05, 3.63) is 11.3 Å². The fourth-order valence-electron chi connectivity index (χ4n) is 4.74. The van der Waals surface area contributed by atoms with Gasteiger partial charge in [-0.05, 0) is 32.6 Å². The van der Waals surface area contributed by atoms with Gasteiger partial charge in [-0.15, -0.1) is 0 Å². The number of nitrogens with one attached hydrogen (secondary N) is 1. The summed E-state index contributed by atoms with van der Waals surface area (Å²) in [5.74, 6) is -0.200. The lowest BCUT2D eigenvalue weighted by molar-refractivity contribution is -0.141. The summed E-state index contributed by atoms with van der Waals surface area (Å²) in [7, 11) is 1.69. The number of methoxy groups -OCH3 is 1. The molecule has 3 saturated heterocycles. The molecule has 120 valence electrons. The molecule has 4 rings (SSSR count). The molecule has 3 atom stereocenters. The molecule has 22 heavy (non-hydrogen) atoms. The van der Waals surface area contributed by atoms with E-state index in [1.54, 1.807) is 18.9 Å². The maximum Gasteiger partial charge on any atom is 0.336 e. The van der Waals surface area contributed by atoms with Crippen molar-refractivity contribution < 1.29 is 19.1 Å². The van der Waals surface area contributed by atoms with E-state index in [4.69, 9.17) is 9.47 Å². The number of carbonyl (C=O) groups excluding carboxylic acids is 2. The van der Waals surface area contributed by atoms with Crippen LogP contribution in [0.3, 0.4) is 0 Å². The Morgan fingerprint density at radius 3 is 2.50 bits per heavy atom. The first-order valence-electron chi connectivity index (χ1n) is 8.03. The van der Waals surface area contributed by atoms with E-state index in [9.17, 15) is 9.59 Å². The van der Waals surface area contributed by atoms with Gasteiger partial charge in [-0.3, -0.25) is 4.79 Å². The molecular formula is C16H22N2O4. The molecule has 0 radical (unpaired) electrons. The molecule has 3 fully saturated rings. The zero-order chi connectivity index (χ0) is 15.5. The molecule has 4 aliphatic heterocycles. The molecular weight excluding hydrogens is 284 g/mol. The van der Waals surface area contributed by atoms with E-state index in [0.717, 1.165) is 31.4 Å². The maximum absolute atomic E-state index is 13.2.